The number of aldehydes is 1. The molecule has 6 amide bonds. The van der Waals surface area contributed by atoms with Crippen molar-refractivity contribution in [3.05, 3.63) is 290 Å². The molecule has 10 aromatic carbocycles. The fraction of sp³-hybridized carbons (Fsp3) is 0.301. The SMILES string of the molecule is CC(=O)O.CC(C)(C)c1ccc(C(=O)N=C=S)cc1.COc1cc(N)ccc1NC(=O)OC(C)(C)C.COc1cc(NC(=S)NC(=O)c2ccc(C(C)(C)C)cc2)ccc1CCc1ccccc1Cl.COc1cc(NC(=S)NC(=O)c2ccc(C(C)(C)C)cc2)ccc1N.COc1cc(NC(=S)NC(=O)c2ccc(C(C)(C)C)cc2)ccc1NC(=O)OC(C)(C)C.Cl.O=Cc1ccccc1Cl. The number of benzene rings is 10. The Morgan fingerprint density at radius 3 is 1.06 bits per heavy atom. The zero-order chi connectivity index (χ0) is 102. The number of carboxylic acids is 1. The summed E-state index contributed by atoms with van der Waals surface area (Å²) in [5.74, 6) is 0.194. The van der Waals surface area contributed by atoms with Gasteiger partial charge in [0.05, 0.1) is 55.7 Å². The van der Waals surface area contributed by atoms with Gasteiger partial charge in [-0.2, -0.15) is 4.99 Å². The average molecular weight is 1990 g/mol. The van der Waals surface area contributed by atoms with E-state index in [-0.39, 0.29) is 73.0 Å². The summed E-state index contributed by atoms with van der Waals surface area (Å²) in [5.41, 5.74) is 24.0. The standard InChI is InChI=1S/C27H29ClN2O2S.C24H31N3O4S.C19H23N3O2S.C12H18N2O3.C12H13NOS.C7H5ClO.C2H4O2.ClH/c1-27(2,3)21-14-11-20(12-15-21)25(31)30-26(33)29-22-16-13-19(24(17-22)32-4)10-9-18-7-5-6-8-23(18)28;1-23(2,3)16-10-8-15(9-11-16)20(28)27-21(32)25-17-12-13-18(19(14-17)30-7)26-22(29)31-24(4,5)6;1-19(2,3)13-7-5-12(6-8-13)17(23)22-18(25)21-14-9-10-15(20)16(11-14)24-4;1-12(2,3)17-11(15)14-9-6-5-8(13)7-10(9)16-4;1-12(2,3)10-6-4-9(5-7-10)11(14)13-8-15;8-7-4-2-1-3-6(7)5-9;1-2(3)4;/h5-8,11-17H,9-10H2,1-4H3,(H2,29,30,31,33);8-14H,1-7H3,(H,26,29)(H2,25,27,28,32);5-11H,20H2,1-4H3,(H2,21,22,23,25);5-7H,13H2,1-4H3,(H,14,15);4-7H,1-3H3;1-5H;1H3,(H,3,4);1H. The molecule has 0 radical (unpaired) electrons. The summed E-state index contributed by atoms with van der Waals surface area (Å²) in [6, 6.07) is 65.6. The molecule has 0 heterocycles. The van der Waals surface area contributed by atoms with Crippen LogP contribution in [0.3, 0.4) is 0 Å². The van der Waals surface area contributed by atoms with Gasteiger partial charge in [0.1, 0.15) is 34.2 Å². The van der Waals surface area contributed by atoms with Crippen LogP contribution in [0.2, 0.25) is 10.0 Å². The van der Waals surface area contributed by atoms with Crippen molar-refractivity contribution in [2.45, 2.75) is 177 Å². The second-order valence-electron chi connectivity index (χ2n) is 35.9. The van der Waals surface area contributed by atoms with Crippen LogP contribution in [0.5, 0.6) is 23.0 Å². The number of halogens is 3. The van der Waals surface area contributed by atoms with Crippen LogP contribution in [0.4, 0.5) is 49.4 Å². The van der Waals surface area contributed by atoms with Crippen molar-refractivity contribution in [3.63, 3.8) is 0 Å². The van der Waals surface area contributed by atoms with Crippen molar-refractivity contribution in [2.24, 2.45) is 4.99 Å². The highest BCUT2D eigenvalue weighted by Crippen LogP contribution is 2.33. The molecule has 0 spiro atoms. The topological polar surface area (TPSA) is 373 Å². The number of nitrogens with one attached hydrogen (secondary N) is 8. The van der Waals surface area contributed by atoms with Crippen LogP contribution in [0, 0.1) is 0 Å². The lowest BCUT2D eigenvalue weighted by Crippen LogP contribution is -2.34. The number of rotatable bonds is 17. The molecule has 0 fully saturated rings. The summed E-state index contributed by atoms with van der Waals surface area (Å²) in [4.78, 5) is 94.8. The number of isothiocyanates is 1. The number of aliphatic imine (C=N–C) groups is 1. The highest BCUT2D eigenvalue weighted by molar-refractivity contribution is 7.81. The number of nitrogens with zero attached hydrogens (tertiary/aromatic N) is 1. The predicted octanol–water partition coefficient (Wildman–Crippen LogP) is 24.2. The Morgan fingerprint density at radius 1 is 0.404 bits per heavy atom. The molecule has 0 bridgehead atoms. The molecular weight excluding hydrogens is 1870 g/mol. The highest BCUT2D eigenvalue weighted by Gasteiger charge is 2.24. The number of aryl methyl sites for hydroxylation is 2. The number of nitrogen functional groups attached to an aromatic ring is 2. The molecule has 0 saturated carbocycles. The number of ether oxygens (including phenoxy) is 6. The fourth-order valence-electron chi connectivity index (χ4n) is 11.5. The third-order valence-corrected chi connectivity index (χ3v) is 19.9. The maximum Gasteiger partial charge on any atom is 0.412 e. The predicted molar refractivity (Wildman–Crippen MR) is 568 cm³/mol. The zero-order valence-corrected chi connectivity index (χ0v) is 86.4. The first-order valence-electron chi connectivity index (χ1n) is 42.3. The van der Waals surface area contributed by atoms with Gasteiger partial charge in [-0.25, -0.2) is 9.59 Å². The number of carbonyl (C=O) groups is 8. The number of carbonyl (C=O) groups excluding carboxylic acids is 7. The van der Waals surface area contributed by atoms with Gasteiger partial charge in [-0.15, -0.1) is 12.4 Å². The van der Waals surface area contributed by atoms with E-state index in [9.17, 15) is 33.6 Å². The van der Waals surface area contributed by atoms with Gasteiger partial charge in [0.15, 0.2) is 21.6 Å². The van der Waals surface area contributed by atoms with Crippen molar-refractivity contribution < 1.29 is 71.9 Å². The molecular formula is C103H124Cl3N11O15S4. The molecule has 33 heteroatoms. The van der Waals surface area contributed by atoms with Crippen LogP contribution in [-0.2, 0) is 48.8 Å². The first-order chi connectivity index (χ1) is 63.0. The van der Waals surface area contributed by atoms with E-state index >= 15 is 0 Å². The van der Waals surface area contributed by atoms with Crippen LogP contribution >= 0.6 is 84.5 Å². The van der Waals surface area contributed by atoms with E-state index in [0.717, 1.165) is 59.2 Å². The van der Waals surface area contributed by atoms with Gasteiger partial charge in [0, 0.05) is 86.8 Å². The molecule has 0 atom stereocenters. The van der Waals surface area contributed by atoms with Gasteiger partial charge >= 0.3 is 12.2 Å². The molecule has 0 aliphatic rings. The molecule has 136 heavy (non-hydrogen) atoms. The van der Waals surface area contributed by atoms with Gasteiger partial charge in [-0.3, -0.25) is 55.4 Å². The average Bonchev–Trinajstić information content (AvgIpc) is 0.843. The largest absolute Gasteiger partial charge is 0.496 e. The normalized spacial score (nSPS) is 10.7. The first-order valence-corrected chi connectivity index (χ1v) is 44.7. The minimum atomic E-state index is -0.833. The van der Waals surface area contributed by atoms with Crippen molar-refractivity contribution >= 4 is 193 Å². The first kappa shape index (κ1) is 117. The number of hydrogen-bond acceptors (Lipinski definition) is 20. The summed E-state index contributed by atoms with van der Waals surface area (Å²) < 4.78 is 31.6. The van der Waals surface area contributed by atoms with E-state index in [1.807, 2.05) is 103 Å². The lowest BCUT2D eigenvalue weighted by Gasteiger charge is -2.20. The van der Waals surface area contributed by atoms with Gasteiger partial charge in [-0.05, 0) is 261 Å². The second-order valence-corrected chi connectivity index (χ2v) is 38.1. The minimum Gasteiger partial charge on any atom is -0.496 e. The Labute approximate surface area is 836 Å². The number of methoxy groups -OCH3 is 4. The van der Waals surface area contributed by atoms with Crippen LogP contribution in [0.25, 0.3) is 0 Å². The van der Waals surface area contributed by atoms with Gasteiger partial charge in [0.2, 0.25) is 0 Å². The molecule has 13 N–H and O–H groups in total. The summed E-state index contributed by atoms with van der Waals surface area (Å²) in [6.45, 7) is 37.3. The molecule has 10 rings (SSSR count). The maximum absolute atomic E-state index is 12.6. The maximum atomic E-state index is 12.6. The van der Waals surface area contributed by atoms with Gasteiger partial charge < -0.3 is 60.9 Å². The second kappa shape index (κ2) is 55.2. The monoisotopic (exact) mass is 1990 g/mol. The number of aliphatic carboxylic acids is 1. The summed E-state index contributed by atoms with van der Waals surface area (Å²) in [5, 5.41) is 33.6. The molecule has 0 aliphatic heterocycles. The van der Waals surface area contributed by atoms with Crippen LogP contribution in [-0.4, -0.2) is 113 Å². The summed E-state index contributed by atoms with van der Waals surface area (Å²) in [7, 11) is 6.17. The van der Waals surface area contributed by atoms with Crippen molar-refractivity contribution in [3.8, 4) is 23.0 Å². The minimum absolute atomic E-state index is 0. The third kappa shape index (κ3) is 43.2. The van der Waals surface area contributed by atoms with Crippen molar-refractivity contribution in [1.29, 1.82) is 0 Å². The Kier molecular flexibility index (Phi) is 47.6. The van der Waals surface area contributed by atoms with E-state index < -0.39 is 29.4 Å². The van der Waals surface area contributed by atoms with E-state index in [2.05, 4.69) is 148 Å². The molecule has 0 aromatic heterocycles. The van der Waals surface area contributed by atoms with E-state index in [1.54, 1.807) is 164 Å². The molecule has 0 aliphatic carbocycles. The number of anilines is 7. The Hall–Kier alpha value is -12.9. The molecule has 726 valence electrons. The lowest BCUT2D eigenvalue weighted by molar-refractivity contribution is -0.134. The molecule has 26 nitrogen and oxygen atoms in total. The van der Waals surface area contributed by atoms with Crippen molar-refractivity contribution in [1.82, 2.24) is 16.0 Å². The Bertz CT molecular complexity index is 5780. The number of carboxylic acid groups (broad SMARTS) is 1. The Morgan fingerprint density at radius 2 is 0.721 bits per heavy atom. The summed E-state index contributed by atoms with van der Waals surface area (Å²) >= 11 is 32.0. The van der Waals surface area contributed by atoms with Crippen LogP contribution < -0.4 is 72.9 Å². The van der Waals surface area contributed by atoms with Crippen LogP contribution in [0.15, 0.2) is 223 Å². The number of hydrogen-bond donors (Lipinski definition) is 11. The third-order valence-electron chi connectivity index (χ3n) is 18.5. The molecule has 0 saturated heterocycles. The Balaban J connectivity index is 0.000000432. The number of nitrogens with two attached hydrogens (primary N) is 2. The zero-order valence-electron chi connectivity index (χ0n) is 80.8. The van der Waals surface area contributed by atoms with Crippen molar-refractivity contribution in [2.75, 3.05) is 66.5 Å². The number of amides is 6. The summed E-state index contributed by atoms with van der Waals surface area (Å²) in [6.07, 6.45) is 1.23. The smallest absolute Gasteiger partial charge is 0.412 e. The van der Waals surface area contributed by atoms with E-state index in [0.29, 0.717) is 84.2 Å². The lowest BCUT2D eigenvalue weighted by atomic mass is 9.86. The van der Waals surface area contributed by atoms with E-state index in [1.165, 1.54) is 38.0 Å². The molecule has 0 unspecified atom stereocenters. The number of thiocarbonyl (C=S) groups is 4. The van der Waals surface area contributed by atoms with Crippen LogP contribution in [0.1, 0.15) is 217 Å². The molecule has 10 aromatic rings. The highest BCUT2D eigenvalue weighted by atomic mass is 35.5. The van der Waals surface area contributed by atoms with E-state index in [4.69, 9.17) is 110 Å². The quantitative estimate of drug-likeness (QED) is 0.0175. The van der Waals surface area contributed by atoms with Gasteiger partial charge in [-0.1, -0.05) is 197 Å². The van der Waals surface area contributed by atoms with Gasteiger partial charge in [0.25, 0.3) is 29.6 Å². The fourth-order valence-corrected chi connectivity index (χ4v) is 12.6.